The summed E-state index contributed by atoms with van der Waals surface area (Å²) >= 11 is 0. The van der Waals surface area contributed by atoms with E-state index in [2.05, 4.69) is 31.0 Å². The fourth-order valence-electron chi connectivity index (χ4n) is 4.17. The molecule has 3 rings (SSSR count). The molecular weight excluding hydrogens is 248 g/mol. The van der Waals surface area contributed by atoms with Crippen LogP contribution in [0.4, 0.5) is 0 Å². The highest BCUT2D eigenvalue weighted by Crippen LogP contribution is 2.40. The van der Waals surface area contributed by atoms with Gasteiger partial charge in [0.1, 0.15) is 0 Å². The van der Waals surface area contributed by atoms with Crippen LogP contribution in [0.5, 0.6) is 0 Å². The SMILES string of the molecule is CCC(C)C1NC(C2CCCC2)N(C(C)C2CC2)C1=O. The van der Waals surface area contributed by atoms with Crippen molar-refractivity contribution in [2.75, 3.05) is 0 Å². The first-order valence-electron chi connectivity index (χ1n) is 8.71. The molecule has 0 aromatic rings. The Labute approximate surface area is 123 Å². The minimum absolute atomic E-state index is 0.0619. The van der Waals surface area contributed by atoms with Crippen molar-refractivity contribution < 1.29 is 4.79 Å². The fourth-order valence-corrected chi connectivity index (χ4v) is 4.17. The summed E-state index contributed by atoms with van der Waals surface area (Å²) in [5, 5.41) is 3.72. The van der Waals surface area contributed by atoms with Crippen molar-refractivity contribution in [1.29, 1.82) is 0 Å². The number of hydrogen-bond donors (Lipinski definition) is 1. The van der Waals surface area contributed by atoms with Gasteiger partial charge in [-0.15, -0.1) is 0 Å². The van der Waals surface area contributed by atoms with E-state index in [9.17, 15) is 4.79 Å². The number of carbonyl (C=O) groups is 1. The zero-order valence-electron chi connectivity index (χ0n) is 13.3. The van der Waals surface area contributed by atoms with Crippen molar-refractivity contribution in [2.24, 2.45) is 17.8 Å². The molecule has 3 aliphatic rings. The quantitative estimate of drug-likeness (QED) is 0.838. The summed E-state index contributed by atoms with van der Waals surface area (Å²) in [6.07, 6.45) is 9.31. The van der Waals surface area contributed by atoms with Gasteiger partial charge in [-0.05, 0) is 50.4 Å². The highest BCUT2D eigenvalue weighted by molar-refractivity contribution is 5.85. The molecule has 4 unspecified atom stereocenters. The Kier molecular flexibility index (Phi) is 4.07. The van der Waals surface area contributed by atoms with Crippen LogP contribution in [0.2, 0.25) is 0 Å². The van der Waals surface area contributed by atoms with Gasteiger partial charge in [0.15, 0.2) is 0 Å². The van der Waals surface area contributed by atoms with Crippen LogP contribution in [0.3, 0.4) is 0 Å². The van der Waals surface area contributed by atoms with Crippen LogP contribution in [0.25, 0.3) is 0 Å². The Bertz CT molecular complexity index is 360. The highest BCUT2D eigenvalue weighted by Gasteiger charge is 2.49. The van der Waals surface area contributed by atoms with E-state index in [1.54, 1.807) is 0 Å². The van der Waals surface area contributed by atoms with Gasteiger partial charge in [0.2, 0.25) is 5.91 Å². The minimum Gasteiger partial charge on any atom is -0.323 e. The zero-order chi connectivity index (χ0) is 14.3. The highest BCUT2D eigenvalue weighted by atomic mass is 16.2. The molecule has 2 aliphatic carbocycles. The van der Waals surface area contributed by atoms with Crippen LogP contribution in [-0.4, -0.2) is 29.1 Å². The second-order valence-electron chi connectivity index (χ2n) is 7.34. The average molecular weight is 278 g/mol. The van der Waals surface area contributed by atoms with Gasteiger partial charge in [0, 0.05) is 6.04 Å². The molecule has 114 valence electrons. The van der Waals surface area contributed by atoms with E-state index in [-0.39, 0.29) is 6.04 Å². The van der Waals surface area contributed by atoms with Gasteiger partial charge >= 0.3 is 0 Å². The smallest absolute Gasteiger partial charge is 0.241 e. The molecule has 20 heavy (non-hydrogen) atoms. The average Bonchev–Trinajstić information content (AvgIpc) is 3.05. The molecule has 1 aliphatic heterocycles. The number of rotatable bonds is 5. The Balaban J connectivity index is 1.79. The lowest BCUT2D eigenvalue weighted by Gasteiger charge is -2.34. The monoisotopic (exact) mass is 278 g/mol. The Morgan fingerprint density at radius 1 is 1.20 bits per heavy atom. The number of carbonyl (C=O) groups excluding carboxylic acids is 1. The van der Waals surface area contributed by atoms with Gasteiger partial charge in [0.25, 0.3) is 0 Å². The molecule has 2 saturated carbocycles. The van der Waals surface area contributed by atoms with Crippen molar-refractivity contribution in [2.45, 2.75) is 84.0 Å². The maximum absolute atomic E-state index is 12.9. The molecule has 0 radical (unpaired) electrons. The number of nitrogens with one attached hydrogen (secondary N) is 1. The van der Waals surface area contributed by atoms with Gasteiger partial charge in [-0.3, -0.25) is 10.1 Å². The van der Waals surface area contributed by atoms with Crippen molar-refractivity contribution in [3.63, 3.8) is 0 Å². The number of hydrogen-bond acceptors (Lipinski definition) is 2. The second-order valence-corrected chi connectivity index (χ2v) is 7.34. The van der Waals surface area contributed by atoms with E-state index in [1.165, 1.54) is 38.5 Å². The Hall–Kier alpha value is -0.570. The first kappa shape index (κ1) is 14.4. The van der Waals surface area contributed by atoms with Crippen molar-refractivity contribution in [1.82, 2.24) is 10.2 Å². The fraction of sp³-hybridized carbons (Fsp3) is 0.941. The lowest BCUT2D eigenvalue weighted by molar-refractivity contribution is -0.133. The summed E-state index contributed by atoms with van der Waals surface area (Å²) in [7, 11) is 0. The Morgan fingerprint density at radius 2 is 1.85 bits per heavy atom. The first-order chi connectivity index (χ1) is 9.63. The first-order valence-corrected chi connectivity index (χ1v) is 8.71. The molecule has 4 atom stereocenters. The van der Waals surface area contributed by atoms with Crippen LogP contribution in [0.1, 0.15) is 65.7 Å². The zero-order valence-corrected chi connectivity index (χ0v) is 13.3. The molecule has 3 nitrogen and oxygen atoms in total. The maximum Gasteiger partial charge on any atom is 0.241 e. The molecule has 1 heterocycles. The summed E-state index contributed by atoms with van der Waals surface area (Å²) in [5.74, 6) is 2.29. The Morgan fingerprint density at radius 3 is 2.40 bits per heavy atom. The van der Waals surface area contributed by atoms with E-state index >= 15 is 0 Å². The lowest BCUT2D eigenvalue weighted by atomic mass is 9.99. The molecule has 1 amide bonds. The molecule has 0 bridgehead atoms. The molecule has 1 N–H and O–H groups in total. The van der Waals surface area contributed by atoms with Crippen LogP contribution in [0, 0.1) is 17.8 Å². The largest absolute Gasteiger partial charge is 0.323 e. The summed E-state index contributed by atoms with van der Waals surface area (Å²) in [5.41, 5.74) is 0. The molecular formula is C17H30N2O. The van der Waals surface area contributed by atoms with E-state index in [4.69, 9.17) is 0 Å². The van der Waals surface area contributed by atoms with Gasteiger partial charge in [-0.25, -0.2) is 0 Å². The van der Waals surface area contributed by atoms with Crippen molar-refractivity contribution >= 4 is 5.91 Å². The van der Waals surface area contributed by atoms with Crippen molar-refractivity contribution in [3.8, 4) is 0 Å². The van der Waals surface area contributed by atoms with Crippen molar-refractivity contribution in [3.05, 3.63) is 0 Å². The third-order valence-electron chi connectivity index (χ3n) is 5.97. The van der Waals surface area contributed by atoms with Crippen LogP contribution in [-0.2, 0) is 4.79 Å². The number of nitrogens with zero attached hydrogens (tertiary/aromatic N) is 1. The predicted octanol–water partition coefficient (Wildman–Crippen LogP) is 3.15. The summed E-state index contributed by atoms with van der Waals surface area (Å²) < 4.78 is 0. The van der Waals surface area contributed by atoms with Gasteiger partial charge in [0.05, 0.1) is 12.2 Å². The van der Waals surface area contributed by atoms with Crippen LogP contribution < -0.4 is 5.32 Å². The molecule has 3 fully saturated rings. The van der Waals surface area contributed by atoms with Gasteiger partial charge in [-0.2, -0.15) is 0 Å². The third kappa shape index (κ3) is 2.49. The third-order valence-corrected chi connectivity index (χ3v) is 5.97. The van der Waals surface area contributed by atoms with Gasteiger partial charge in [-0.1, -0.05) is 33.1 Å². The van der Waals surface area contributed by atoms with Crippen LogP contribution in [0.15, 0.2) is 0 Å². The molecule has 0 aromatic heterocycles. The maximum atomic E-state index is 12.9. The molecule has 0 spiro atoms. The standard InChI is InChI=1S/C17H30N2O/c1-4-11(2)15-17(20)19(12(3)13-9-10-13)16(18-15)14-7-5-6-8-14/h11-16,18H,4-10H2,1-3H3. The van der Waals surface area contributed by atoms with E-state index in [0.29, 0.717) is 30.0 Å². The van der Waals surface area contributed by atoms with E-state index in [1.807, 2.05) is 0 Å². The normalized spacial score (nSPS) is 34.8. The van der Waals surface area contributed by atoms with E-state index in [0.717, 1.165) is 12.3 Å². The van der Waals surface area contributed by atoms with Crippen LogP contribution >= 0.6 is 0 Å². The molecule has 3 heteroatoms. The topological polar surface area (TPSA) is 32.3 Å². The summed E-state index contributed by atoms with van der Waals surface area (Å²) in [6.45, 7) is 6.68. The second kappa shape index (κ2) is 5.67. The van der Waals surface area contributed by atoms with Gasteiger partial charge < -0.3 is 4.90 Å². The number of amides is 1. The summed E-state index contributed by atoms with van der Waals surface area (Å²) in [6, 6.07) is 0.501. The minimum atomic E-state index is 0.0619. The van der Waals surface area contributed by atoms with E-state index < -0.39 is 0 Å². The summed E-state index contributed by atoms with van der Waals surface area (Å²) in [4.78, 5) is 15.2. The molecule has 1 saturated heterocycles. The predicted molar refractivity (Wildman–Crippen MR) is 81.2 cm³/mol. The molecule has 0 aromatic carbocycles. The lowest BCUT2D eigenvalue weighted by Crippen LogP contribution is -2.47.